The van der Waals surface area contributed by atoms with E-state index in [-0.39, 0.29) is 5.52 Å². The summed E-state index contributed by atoms with van der Waals surface area (Å²) in [7, 11) is -1.10. The van der Waals surface area contributed by atoms with Crippen molar-refractivity contribution in [2.75, 3.05) is 0 Å². The Morgan fingerprint density at radius 2 is 1.22 bits per heavy atom. The third kappa shape index (κ3) is 3.31. The number of benzene rings is 3. The van der Waals surface area contributed by atoms with Gasteiger partial charge in [-0.15, -0.1) is 0 Å². The molecular formula is C21H17OP. The summed E-state index contributed by atoms with van der Waals surface area (Å²) in [6.45, 7) is 3.83. The normalized spacial score (nSPS) is 10.5. The van der Waals surface area contributed by atoms with Crippen LogP contribution >= 0.6 is 7.92 Å². The number of carbonyl (C=O) groups is 1. The van der Waals surface area contributed by atoms with Gasteiger partial charge in [-0.2, -0.15) is 0 Å². The summed E-state index contributed by atoms with van der Waals surface area (Å²) >= 11 is 0. The largest absolute Gasteiger partial charge is 0.288 e. The van der Waals surface area contributed by atoms with Crippen LogP contribution in [0.2, 0.25) is 0 Å². The SMILES string of the molecule is C=Cc1ccccc1C(=O)P(c1ccccc1)c1ccccc1. The van der Waals surface area contributed by atoms with Crippen molar-refractivity contribution in [2.45, 2.75) is 0 Å². The molecule has 0 spiro atoms. The van der Waals surface area contributed by atoms with Crippen molar-refractivity contribution in [1.82, 2.24) is 0 Å². The molecule has 0 bridgehead atoms. The Labute approximate surface area is 138 Å². The molecule has 0 saturated carbocycles. The van der Waals surface area contributed by atoms with Gasteiger partial charge in [0.25, 0.3) is 0 Å². The molecule has 0 N–H and O–H groups in total. The Bertz CT molecular complexity index is 770. The zero-order chi connectivity index (χ0) is 16.1. The van der Waals surface area contributed by atoms with Crippen LogP contribution in [0.4, 0.5) is 0 Å². The topological polar surface area (TPSA) is 17.1 Å². The fourth-order valence-corrected chi connectivity index (χ4v) is 4.68. The molecule has 0 aliphatic heterocycles. The highest BCUT2D eigenvalue weighted by molar-refractivity contribution is 7.88. The van der Waals surface area contributed by atoms with E-state index in [0.717, 1.165) is 21.7 Å². The number of carbonyl (C=O) groups excluding carboxylic acids is 1. The van der Waals surface area contributed by atoms with Crippen molar-refractivity contribution in [3.05, 3.63) is 103 Å². The molecule has 112 valence electrons. The van der Waals surface area contributed by atoms with Gasteiger partial charge in [-0.25, -0.2) is 0 Å². The minimum absolute atomic E-state index is 0.160. The van der Waals surface area contributed by atoms with Crippen molar-refractivity contribution in [3.8, 4) is 0 Å². The van der Waals surface area contributed by atoms with E-state index in [1.165, 1.54) is 0 Å². The van der Waals surface area contributed by atoms with Crippen LogP contribution in [0, 0.1) is 0 Å². The highest BCUT2D eigenvalue weighted by Crippen LogP contribution is 2.38. The maximum Gasteiger partial charge on any atom is 0.193 e. The summed E-state index contributed by atoms with van der Waals surface area (Å²) in [5, 5.41) is 2.13. The Morgan fingerprint density at radius 1 is 0.739 bits per heavy atom. The third-order valence-electron chi connectivity index (χ3n) is 3.64. The molecule has 0 aromatic heterocycles. The molecular weight excluding hydrogens is 299 g/mol. The predicted octanol–water partition coefficient (Wildman–Crippen LogP) is 4.60. The fraction of sp³-hybridized carbons (Fsp3) is 0. The third-order valence-corrected chi connectivity index (χ3v) is 5.92. The molecule has 0 unspecified atom stereocenters. The monoisotopic (exact) mass is 316 g/mol. The maximum absolute atomic E-state index is 13.3. The highest BCUT2D eigenvalue weighted by atomic mass is 31.1. The minimum atomic E-state index is -1.10. The number of hydrogen-bond acceptors (Lipinski definition) is 1. The van der Waals surface area contributed by atoms with Crippen molar-refractivity contribution in [2.24, 2.45) is 0 Å². The Balaban J connectivity index is 2.12. The zero-order valence-electron chi connectivity index (χ0n) is 12.7. The predicted molar refractivity (Wildman–Crippen MR) is 99.9 cm³/mol. The second kappa shape index (κ2) is 7.17. The molecule has 0 saturated heterocycles. The van der Waals surface area contributed by atoms with Crippen LogP contribution in [0.5, 0.6) is 0 Å². The van der Waals surface area contributed by atoms with Crippen molar-refractivity contribution >= 4 is 30.1 Å². The van der Waals surface area contributed by atoms with Gasteiger partial charge in [0.1, 0.15) is 0 Å². The van der Waals surface area contributed by atoms with Gasteiger partial charge in [0, 0.05) is 13.5 Å². The van der Waals surface area contributed by atoms with Crippen molar-refractivity contribution in [3.63, 3.8) is 0 Å². The molecule has 0 aliphatic carbocycles. The fourth-order valence-electron chi connectivity index (χ4n) is 2.53. The van der Waals surface area contributed by atoms with E-state index in [4.69, 9.17) is 0 Å². The maximum atomic E-state index is 13.3. The smallest absolute Gasteiger partial charge is 0.193 e. The molecule has 23 heavy (non-hydrogen) atoms. The number of hydrogen-bond donors (Lipinski definition) is 0. The second-order valence-electron chi connectivity index (χ2n) is 5.10. The Kier molecular flexibility index (Phi) is 4.80. The van der Waals surface area contributed by atoms with Crippen LogP contribution in [0.25, 0.3) is 6.08 Å². The molecule has 3 aromatic rings. The van der Waals surface area contributed by atoms with Gasteiger partial charge in [-0.3, -0.25) is 4.79 Å². The lowest BCUT2D eigenvalue weighted by Crippen LogP contribution is -2.18. The summed E-state index contributed by atoms with van der Waals surface area (Å²) in [5.41, 5.74) is 1.78. The molecule has 3 rings (SSSR count). The van der Waals surface area contributed by atoms with E-state index >= 15 is 0 Å². The van der Waals surface area contributed by atoms with Crippen LogP contribution in [0.1, 0.15) is 15.9 Å². The first-order valence-electron chi connectivity index (χ1n) is 7.47. The quantitative estimate of drug-likeness (QED) is 0.629. The molecule has 3 aromatic carbocycles. The number of rotatable bonds is 5. The van der Waals surface area contributed by atoms with Gasteiger partial charge in [-0.05, 0) is 16.2 Å². The lowest BCUT2D eigenvalue weighted by molar-refractivity contribution is 0.108. The standard InChI is InChI=1S/C21H17OP/c1-2-17-11-9-10-16-20(17)21(22)23(18-12-5-3-6-13-18)19-14-7-4-8-15-19/h2-16H,1H2. The zero-order valence-corrected chi connectivity index (χ0v) is 13.6. The summed E-state index contributed by atoms with van der Waals surface area (Å²) in [6.07, 6.45) is 1.75. The first-order chi connectivity index (χ1) is 11.3. The lowest BCUT2D eigenvalue weighted by Gasteiger charge is -2.18. The summed E-state index contributed by atoms with van der Waals surface area (Å²) in [5.74, 6) is 0. The lowest BCUT2D eigenvalue weighted by atomic mass is 10.1. The first kappa shape index (κ1) is 15.4. The van der Waals surface area contributed by atoms with E-state index in [1.54, 1.807) is 6.08 Å². The van der Waals surface area contributed by atoms with Crippen LogP contribution in [-0.4, -0.2) is 5.52 Å². The van der Waals surface area contributed by atoms with Crippen LogP contribution in [0.3, 0.4) is 0 Å². The minimum Gasteiger partial charge on any atom is -0.288 e. The molecule has 0 fully saturated rings. The van der Waals surface area contributed by atoms with Gasteiger partial charge >= 0.3 is 0 Å². The van der Waals surface area contributed by atoms with E-state index in [0.29, 0.717) is 0 Å². The summed E-state index contributed by atoms with van der Waals surface area (Å²) in [4.78, 5) is 13.3. The van der Waals surface area contributed by atoms with Crippen molar-refractivity contribution < 1.29 is 4.79 Å². The molecule has 0 amide bonds. The van der Waals surface area contributed by atoms with E-state index in [1.807, 2.05) is 84.9 Å². The second-order valence-corrected chi connectivity index (χ2v) is 7.21. The van der Waals surface area contributed by atoms with Gasteiger partial charge in [0.2, 0.25) is 0 Å². The molecule has 0 aliphatic rings. The van der Waals surface area contributed by atoms with Crippen LogP contribution in [-0.2, 0) is 0 Å². The molecule has 0 atom stereocenters. The Hall–Kier alpha value is -2.50. The van der Waals surface area contributed by atoms with Crippen molar-refractivity contribution in [1.29, 1.82) is 0 Å². The molecule has 0 heterocycles. The van der Waals surface area contributed by atoms with E-state index in [2.05, 4.69) is 6.58 Å². The molecule has 2 heteroatoms. The van der Waals surface area contributed by atoms with Crippen LogP contribution < -0.4 is 10.6 Å². The summed E-state index contributed by atoms with van der Waals surface area (Å²) in [6, 6.07) is 27.7. The first-order valence-corrected chi connectivity index (χ1v) is 8.81. The Morgan fingerprint density at radius 3 is 1.74 bits per heavy atom. The molecule has 1 nitrogen and oxygen atoms in total. The van der Waals surface area contributed by atoms with E-state index in [9.17, 15) is 4.79 Å². The van der Waals surface area contributed by atoms with Gasteiger partial charge < -0.3 is 0 Å². The average molecular weight is 316 g/mol. The summed E-state index contributed by atoms with van der Waals surface area (Å²) < 4.78 is 0. The highest BCUT2D eigenvalue weighted by Gasteiger charge is 2.24. The van der Waals surface area contributed by atoms with Gasteiger partial charge in [0.05, 0.1) is 0 Å². The van der Waals surface area contributed by atoms with Crippen LogP contribution in [0.15, 0.2) is 91.5 Å². The van der Waals surface area contributed by atoms with E-state index < -0.39 is 7.92 Å². The van der Waals surface area contributed by atoms with Gasteiger partial charge in [0.15, 0.2) is 5.52 Å². The average Bonchev–Trinajstić information content (AvgIpc) is 2.63. The van der Waals surface area contributed by atoms with Gasteiger partial charge in [-0.1, -0.05) is 97.6 Å². The molecule has 0 radical (unpaired) electrons.